The number of ether oxygens (including phenoxy) is 2. The average Bonchev–Trinajstić information content (AvgIpc) is 2.65. The molecule has 1 N–H and O–H groups in total. The van der Waals surface area contributed by atoms with E-state index in [0.717, 1.165) is 0 Å². The van der Waals surface area contributed by atoms with Crippen LogP contribution >= 0.6 is 12.4 Å². The van der Waals surface area contributed by atoms with Crippen LogP contribution in [0.25, 0.3) is 0 Å². The maximum atomic E-state index is 12.8. The Balaban J connectivity index is 0.00000338. The molecule has 0 aromatic heterocycles. The number of nitrogens with one attached hydrogen (secondary N) is 1. The zero-order valence-corrected chi connectivity index (χ0v) is 16.9. The van der Waals surface area contributed by atoms with Gasteiger partial charge in [0.05, 0.1) is 30.8 Å². The third-order valence-corrected chi connectivity index (χ3v) is 5.95. The molecule has 0 unspecified atom stereocenters. The Morgan fingerprint density at radius 3 is 2.58 bits per heavy atom. The Labute approximate surface area is 160 Å². The summed E-state index contributed by atoms with van der Waals surface area (Å²) in [5.41, 5.74) is 0.232. The summed E-state index contributed by atoms with van der Waals surface area (Å²) in [5.74, 6) is 0.0633. The molecule has 0 aliphatic carbocycles. The zero-order chi connectivity index (χ0) is 18.4. The van der Waals surface area contributed by atoms with E-state index in [9.17, 15) is 13.2 Å². The fraction of sp³-hybridized carbons (Fsp3) is 0.562. The van der Waals surface area contributed by atoms with Gasteiger partial charge in [-0.2, -0.15) is 4.31 Å². The second-order valence-corrected chi connectivity index (χ2v) is 7.65. The highest BCUT2D eigenvalue weighted by atomic mass is 35.5. The quantitative estimate of drug-likeness (QED) is 0.705. The SMILES string of the molecule is CNCCN(C)C(=O)c1cc(S(=O)(=O)N2CCOCC2)ccc1OC.Cl. The standard InChI is InChI=1S/C16H25N3O5S.ClH/c1-17-6-7-18(2)16(20)14-12-13(4-5-15(14)23-3)25(21,22)19-8-10-24-11-9-19;/h4-5,12,17H,6-11H2,1-3H3;1H. The molecule has 1 aromatic carbocycles. The third-order valence-electron chi connectivity index (χ3n) is 4.05. The number of morpholine rings is 1. The molecule has 2 rings (SSSR count). The van der Waals surface area contributed by atoms with E-state index in [-0.39, 0.29) is 28.8 Å². The Kier molecular flexibility index (Phi) is 8.78. The summed E-state index contributed by atoms with van der Waals surface area (Å²) in [4.78, 5) is 14.3. The molecule has 1 aromatic rings. The van der Waals surface area contributed by atoms with Crippen molar-refractivity contribution in [2.45, 2.75) is 4.90 Å². The van der Waals surface area contributed by atoms with Crippen LogP contribution in [0.2, 0.25) is 0 Å². The summed E-state index contributed by atoms with van der Waals surface area (Å²) in [6, 6.07) is 4.38. The Morgan fingerprint density at radius 1 is 1.35 bits per heavy atom. The Bertz CT molecular complexity index is 708. The lowest BCUT2D eigenvalue weighted by Crippen LogP contribution is -2.40. The maximum Gasteiger partial charge on any atom is 0.257 e. The lowest BCUT2D eigenvalue weighted by Gasteiger charge is -2.26. The predicted octanol–water partition coefficient (Wildman–Crippen LogP) is 0.429. The van der Waals surface area contributed by atoms with Gasteiger partial charge in [0.25, 0.3) is 5.91 Å². The van der Waals surface area contributed by atoms with Crippen molar-refractivity contribution >= 4 is 28.3 Å². The van der Waals surface area contributed by atoms with E-state index in [0.29, 0.717) is 45.1 Å². The number of halogens is 1. The van der Waals surface area contributed by atoms with Crippen molar-refractivity contribution in [1.82, 2.24) is 14.5 Å². The summed E-state index contributed by atoms with van der Waals surface area (Å²) in [6.45, 7) is 2.48. The second-order valence-electron chi connectivity index (χ2n) is 5.71. The van der Waals surface area contributed by atoms with Crippen LogP contribution in [-0.4, -0.2) is 84.1 Å². The van der Waals surface area contributed by atoms with E-state index < -0.39 is 10.0 Å². The molecule has 1 fully saturated rings. The monoisotopic (exact) mass is 407 g/mol. The lowest BCUT2D eigenvalue weighted by atomic mass is 10.1. The van der Waals surface area contributed by atoms with Crippen LogP contribution < -0.4 is 10.1 Å². The lowest BCUT2D eigenvalue weighted by molar-refractivity contribution is 0.0730. The summed E-state index contributed by atoms with van der Waals surface area (Å²) in [6.07, 6.45) is 0. The number of likely N-dealkylation sites (N-methyl/N-ethyl adjacent to an activating group) is 2. The number of hydrogen-bond acceptors (Lipinski definition) is 6. The smallest absolute Gasteiger partial charge is 0.257 e. The highest BCUT2D eigenvalue weighted by Gasteiger charge is 2.28. The minimum Gasteiger partial charge on any atom is -0.496 e. The molecule has 0 bridgehead atoms. The van der Waals surface area contributed by atoms with Crippen LogP contribution in [0.1, 0.15) is 10.4 Å². The number of nitrogens with zero attached hydrogens (tertiary/aromatic N) is 2. The van der Waals surface area contributed by atoms with Crippen molar-refractivity contribution in [3.63, 3.8) is 0 Å². The number of methoxy groups -OCH3 is 1. The minimum atomic E-state index is -3.67. The van der Waals surface area contributed by atoms with Gasteiger partial charge in [-0.25, -0.2) is 8.42 Å². The maximum absolute atomic E-state index is 12.8. The van der Waals surface area contributed by atoms with Gasteiger partial charge in [0, 0.05) is 33.2 Å². The van der Waals surface area contributed by atoms with Crippen LogP contribution in [-0.2, 0) is 14.8 Å². The van der Waals surface area contributed by atoms with E-state index in [2.05, 4.69) is 5.32 Å². The van der Waals surface area contributed by atoms with Gasteiger partial charge in [-0.3, -0.25) is 4.79 Å². The fourth-order valence-corrected chi connectivity index (χ4v) is 3.97. The highest BCUT2D eigenvalue weighted by molar-refractivity contribution is 7.89. The zero-order valence-electron chi connectivity index (χ0n) is 15.2. The third kappa shape index (κ3) is 5.08. The van der Waals surface area contributed by atoms with Crippen molar-refractivity contribution in [2.75, 3.05) is 60.6 Å². The predicted molar refractivity (Wildman–Crippen MR) is 101 cm³/mol. The van der Waals surface area contributed by atoms with Crippen molar-refractivity contribution in [2.24, 2.45) is 0 Å². The van der Waals surface area contributed by atoms with Gasteiger partial charge in [0.1, 0.15) is 5.75 Å². The van der Waals surface area contributed by atoms with Gasteiger partial charge in [0.2, 0.25) is 10.0 Å². The van der Waals surface area contributed by atoms with Gasteiger partial charge in [-0.15, -0.1) is 12.4 Å². The molecule has 0 radical (unpaired) electrons. The van der Waals surface area contributed by atoms with Gasteiger partial charge in [-0.1, -0.05) is 0 Å². The molecule has 10 heteroatoms. The largest absolute Gasteiger partial charge is 0.496 e. The van der Waals surface area contributed by atoms with E-state index in [4.69, 9.17) is 9.47 Å². The van der Waals surface area contributed by atoms with E-state index >= 15 is 0 Å². The van der Waals surface area contributed by atoms with Crippen LogP contribution in [0.3, 0.4) is 0 Å². The number of rotatable bonds is 7. The van der Waals surface area contributed by atoms with Crippen LogP contribution in [0.5, 0.6) is 5.75 Å². The molecule has 0 saturated carbocycles. The van der Waals surface area contributed by atoms with E-state index in [1.54, 1.807) is 14.1 Å². The molecule has 26 heavy (non-hydrogen) atoms. The first-order valence-corrected chi connectivity index (χ1v) is 9.52. The Morgan fingerprint density at radius 2 is 2.00 bits per heavy atom. The molecule has 0 atom stereocenters. The number of hydrogen-bond donors (Lipinski definition) is 1. The number of carbonyl (C=O) groups excluding carboxylic acids is 1. The molecule has 0 spiro atoms. The number of carbonyl (C=O) groups is 1. The second kappa shape index (κ2) is 10.1. The topological polar surface area (TPSA) is 88.2 Å². The highest BCUT2D eigenvalue weighted by Crippen LogP contribution is 2.26. The van der Waals surface area contributed by atoms with E-state index in [1.165, 1.54) is 34.5 Å². The van der Waals surface area contributed by atoms with Gasteiger partial charge >= 0.3 is 0 Å². The number of sulfonamides is 1. The Hall–Kier alpha value is -1.39. The minimum absolute atomic E-state index is 0. The van der Waals surface area contributed by atoms with Gasteiger partial charge in [-0.05, 0) is 25.2 Å². The summed E-state index contributed by atoms with van der Waals surface area (Å²) >= 11 is 0. The number of amides is 1. The van der Waals surface area contributed by atoms with Crippen molar-refractivity contribution in [3.8, 4) is 5.75 Å². The average molecular weight is 408 g/mol. The van der Waals surface area contributed by atoms with Crippen molar-refractivity contribution in [1.29, 1.82) is 0 Å². The van der Waals surface area contributed by atoms with Crippen LogP contribution in [0.15, 0.2) is 23.1 Å². The molecular weight excluding hydrogens is 382 g/mol. The summed E-state index contributed by atoms with van der Waals surface area (Å²) in [7, 11) is 1.25. The first-order valence-electron chi connectivity index (χ1n) is 8.07. The molecule has 148 valence electrons. The molecule has 8 nitrogen and oxygen atoms in total. The molecule has 1 aliphatic rings. The van der Waals surface area contributed by atoms with Gasteiger partial charge in [0.15, 0.2) is 0 Å². The van der Waals surface area contributed by atoms with Gasteiger partial charge < -0.3 is 19.7 Å². The normalized spacial score (nSPS) is 15.2. The molecule has 1 amide bonds. The number of benzene rings is 1. The first kappa shape index (κ1) is 22.7. The van der Waals surface area contributed by atoms with E-state index in [1.807, 2.05) is 0 Å². The first-order chi connectivity index (χ1) is 11.9. The fourth-order valence-electron chi connectivity index (χ4n) is 2.54. The van der Waals surface area contributed by atoms with Crippen molar-refractivity contribution in [3.05, 3.63) is 23.8 Å². The summed E-state index contributed by atoms with van der Waals surface area (Å²) in [5, 5.41) is 2.97. The summed E-state index contributed by atoms with van der Waals surface area (Å²) < 4.78 is 37.4. The van der Waals surface area contributed by atoms with Crippen molar-refractivity contribution < 1.29 is 22.7 Å². The van der Waals surface area contributed by atoms with Crippen LogP contribution in [0.4, 0.5) is 0 Å². The molecule has 1 saturated heterocycles. The molecular formula is C16H26ClN3O5S. The molecule has 1 aliphatic heterocycles. The van der Waals surface area contributed by atoms with Crippen LogP contribution in [0, 0.1) is 0 Å². The molecule has 1 heterocycles.